The number of benzene rings is 2. The van der Waals surface area contributed by atoms with Gasteiger partial charge in [-0.25, -0.2) is 9.97 Å². The van der Waals surface area contributed by atoms with Crippen LogP contribution in [0.5, 0.6) is 5.75 Å². The Kier molecular flexibility index (Phi) is 6.59. The fraction of sp³-hybridized carbons (Fsp3) is 0.154. The summed E-state index contributed by atoms with van der Waals surface area (Å²) in [5.74, 6) is 2.18. The summed E-state index contributed by atoms with van der Waals surface area (Å²) in [6.45, 7) is 2.12. The number of rotatable bonds is 8. The Morgan fingerprint density at radius 1 is 1.00 bits per heavy atom. The number of hydrogen-bond acceptors (Lipinski definition) is 7. The van der Waals surface area contributed by atoms with Crippen molar-refractivity contribution >= 4 is 22.4 Å². The van der Waals surface area contributed by atoms with Crippen LogP contribution in [0.3, 0.4) is 0 Å². The number of likely N-dealkylation sites (N-methyl/N-ethyl adjacent to an activating group) is 1. The molecule has 166 valence electrons. The van der Waals surface area contributed by atoms with E-state index in [4.69, 9.17) is 20.1 Å². The molecule has 0 radical (unpaired) electrons. The highest BCUT2D eigenvalue weighted by atomic mass is 16.5. The molecule has 4 aromatic rings. The highest BCUT2D eigenvalue weighted by Gasteiger charge is 2.10. The van der Waals surface area contributed by atoms with Crippen LogP contribution < -0.4 is 15.4 Å². The molecule has 0 aliphatic rings. The van der Waals surface area contributed by atoms with E-state index in [2.05, 4.69) is 27.8 Å². The van der Waals surface area contributed by atoms with Crippen LogP contribution in [0.15, 0.2) is 78.8 Å². The number of nitrogens with one attached hydrogen (secondary N) is 3. The first kappa shape index (κ1) is 22.0. The standard InChI is InChI=1S/C26H26N6O/c1-17(27)13-21(28-2)16-33-22-9-6-18(7-10-22)19-8-11-24-23(14-19)26(29-3)32-25(31-24)20-5-4-12-30-15-20/h4-15,27-28H,16H2,1-3H3,(H,29,31,32)/b21-13-,27-17?. The van der Waals surface area contributed by atoms with Crippen molar-refractivity contribution in [2.24, 2.45) is 0 Å². The predicted octanol–water partition coefficient (Wildman–Crippen LogP) is 4.92. The highest BCUT2D eigenvalue weighted by Crippen LogP contribution is 2.30. The van der Waals surface area contributed by atoms with Crippen LogP contribution in [0.2, 0.25) is 0 Å². The van der Waals surface area contributed by atoms with Crippen molar-refractivity contribution in [2.75, 3.05) is 26.0 Å². The minimum atomic E-state index is 0.379. The summed E-state index contributed by atoms with van der Waals surface area (Å²) in [6, 6.07) is 18.0. The highest BCUT2D eigenvalue weighted by molar-refractivity contribution is 5.94. The van der Waals surface area contributed by atoms with Gasteiger partial charge in [0.15, 0.2) is 5.82 Å². The number of allylic oxidation sites excluding steroid dienone is 1. The number of anilines is 1. The predicted molar refractivity (Wildman–Crippen MR) is 134 cm³/mol. The van der Waals surface area contributed by atoms with E-state index in [0.717, 1.165) is 44.9 Å². The lowest BCUT2D eigenvalue weighted by molar-refractivity contribution is 0.345. The molecular weight excluding hydrogens is 412 g/mol. The molecule has 4 rings (SSSR count). The molecule has 33 heavy (non-hydrogen) atoms. The lowest BCUT2D eigenvalue weighted by atomic mass is 10.0. The van der Waals surface area contributed by atoms with Gasteiger partial charge in [-0.05, 0) is 60.5 Å². The second-order valence-electron chi connectivity index (χ2n) is 7.54. The van der Waals surface area contributed by atoms with Crippen LogP contribution in [-0.2, 0) is 0 Å². The van der Waals surface area contributed by atoms with Crippen molar-refractivity contribution in [1.82, 2.24) is 20.3 Å². The van der Waals surface area contributed by atoms with E-state index in [9.17, 15) is 0 Å². The van der Waals surface area contributed by atoms with Gasteiger partial charge in [0.1, 0.15) is 18.2 Å². The SMILES string of the molecule is CN/C(=C\C(C)=N)COc1ccc(-c2ccc3nc(-c4cccnc4)nc(NC)c3c2)cc1. The Bertz CT molecular complexity index is 1300. The molecule has 7 nitrogen and oxygen atoms in total. The molecule has 0 saturated heterocycles. The van der Waals surface area contributed by atoms with E-state index in [1.165, 1.54) is 0 Å². The zero-order valence-electron chi connectivity index (χ0n) is 18.9. The zero-order chi connectivity index (χ0) is 23.2. The molecule has 0 atom stereocenters. The summed E-state index contributed by atoms with van der Waals surface area (Å²) in [5, 5.41) is 14.8. The molecular formula is C26H26N6O. The maximum absolute atomic E-state index is 7.59. The second kappa shape index (κ2) is 9.91. The number of fused-ring (bicyclic) bond motifs is 1. The molecule has 0 aliphatic carbocycles. The maximum atomic E-state index is 7.59. The summed E-state index contributed by atoms with van der Waals surface area (Å²) >= 11 is 0. The van der Waals surface area contributed by atoms with Crippen LogP contribution in [0, 0.1) is 5.41 Å². The molecule has 0 saturated carbocycles. The van der Waals surface area contributed by atoms with E-state index in [1.807, 2.05) is 56.6 Å². The minimum absolute atomic E-state index is 0.379. The number of pyridine rings is 1. The lowest BCUT2D eigenvalue weighted by Gasteiger charge is -2.12. The smallest absolute Gasteiger partial charge is 0.163 e. The third-order valence-electron chi connectivity index (χ3n) is 5.15. The Labute approximate surface area is 193 Å². The minimum Gasteiger partial charge on any atom is -0.487 e. The summed E-state index contributed by atoms with van der Waals surface area (Å²) in [6.07, 6.45) is 5.25. The molecule has 2 heterocycles. The van der Waals surface area contributed by atoms with Crippen LogP contribution in [0.1, 0.15) is 6.92 Å². The van der Waals surface area contributed by atoms with Gasteiger partial charge in [0, 0.05) is 43.2 Å². The van der Waals surface area contributed by atoms with Crippen LogP contribution in [-0.4, -0.2) is 41.4 Å². The van der Waals surface area contributed by atoms with Crippen LogP contribution >= 0.6 is 0 Å². The number of ether oxygens (including phenoxy) is 1. The number of hydrogen-bond donors (Lipinski definition) is 3. The van der Waals surface area contributed by atoms with Gasteiger partial charge in [0.25, 0.3) is 0 Å². The van der Waals surface area contributed by atoms with Gasteiger partial charge < -0.3 is 20.8 Å². The van der Waals surface area contributed by atoms with Gasteiger partial charge in [-0.15, -0.1) is 0 Å². The second-order valence-corrected chi connectivity index (χ2v) is 7.54. The fourth-order valence-electron chi connectivity index (χ4n) is 3.47. The van der Waals surface area contributed by atoms with E-state index in [1.54, 1.807) is 25.4 Å². The third-order valence-corrected chi connectivity index (χ3v) is 5.15. The molecule has 3 N–H and O–H groups in total. The summed E-state index contributed by atoms with van der Waals surface area (Å²) in [7, 11) is 3.69. The summed E-state index contributed by atoms with van der Waals surface area (Å²) in [4.78, 5) is 13.6. The van der Waals surface area contributed by atoms with Gasteiger partial charge in [-0.2, -0.15) is 0 Å². The Morgan fingerprint density at radius 2 is 1.79 bits per heavy atom. The molecule has 7 heteroatoms. The normalized spacial score (nSPS) is 11.3. The van der Waals surface area contributed by atoms with Crippen molar-refractivity contribution < 1.29 is 4.74 Å². The first-order valence-electron chi connectivity index (χ1n) is 10.6. The van der Waals surface area contributed by atoms with E-state index in [0.29, 0.717) is 18.1 Å². The fourth-order valence-corrected chi connectivity index (χ4v) is 3.47. The van der Waals surface area contributed by atoms with Gasteiger partial charge in [0.2, 0.25) is 0 Å². The number of nitrogens with zero attached hydrogens (tertiary/aromatic N) is 3. The molecule has 0 aliphatic heterocycles. The third kappa shape index (κ3) is 5.15. The van der Waals surface area contributed by atoms with Gasteiger partial charge in [0.05, 0.1) is 11.2 Å². The molecule has 0 spiro atoms. The topological polar surface area (TPSA) is 95.8 Å². The number of aromatic nitrogens is 3. The molecule has 0 unspecified atom stereocenters. The Balaban J connectivity index is 1.59. The zero-order valence-corrected chi connectivity index (χ0v) is 18.9. The van der Waals surface area contributed by atoms with Crippen molar-refractivity contribution in [3.05, 3.63) is 78.8 Å². The van der Waals surface area contributed by atoms with Crippen molar-refractivity contribution in [1.29, 1.82) is 5.41 Å². The molecule has 0 amide bonds. The van der Waals surface area contributed by atoms with E-state index < -0.39 is 0 Å². The first-order chi connectivity index (χ1) is 16.1. The molecule has 0 bridgehead atoms. The van der Waals surface area contributed by atoms with E-state index >= 15 is 0 Å². The molecule has 2 aromatic heterocycles. The van der Waals surface area contributed by atoms with Crippen molar-refractivity contribution in [3.8, 4) is 28.3 Å². The molecule has 0 fully saturated rings. The maximum Gasteiger partial charge on any atom is 0.163 e. The Morgan fingerprint density at radius 3 is 2.45 bits per heavy atom. The lowest BCUT2D eigenvalue weighted by Crippen LogP contribution is -2.15. The summed E-state index contributed by atoms with van der Waals surface area (Å²) < 4.78 is 5.85. The van der Waals surface area contributed by atoms with Gasteiger partial charge >= 0.3 is 0 Å². The van der Waals surface area contributed by atoms with Gasteiger partial charge in [-0.3, -0.25) is 4.98 Å². The average molecular weight is 439 g/mol. The van der Waals surface area contributed by atoms with Crippen molar-refractivity contribution in [3.63, 3.8) is 0 Å². The van der Waals surface area contributed by atoms with Crippen LogP contribution in [0.4, 0.5) is 5.82 Å². The first-order valence-corrected chi connectivity index (χ1v) is 10.6. The Hall–Kier alpha value is -4.26. The van der Waals surface area contributed by atoms with Crippen LogP contribution in [0.25, 0.3) is 33.4 Å². The average Bonchev–Trinajstić information content (AvgIpc) is 2.86. The van der Waals surface area contributed by atoms with E-state index in [-0.39, 0.29) is 0 Å². The van der Waals surface area contributed by atoms with Gasteiger partial charge in [-0.1, -0.05) is 18.2 Å². The monoisotopic (exact) mass is 438 g/mol. The van der Waals surface area contributed by atoms with Crippen molar-refractivity contribution in [2.45, 2.75) is 6.92 Å². The summed E-state index contributed by atoms with van der Waals surface area (Å²) in [5.41, 5.74) is 5.21. The quantitative estimate of drug-likeness (QED) is 0.338. The molecule has 2 aromatic carbocycles. The largest absolute Gasteiger partial charge is 0.487 e.